The summed E-state index contributed by atoms with van der Waals surface area (Å²) in [6.45, 7) is 4.24. The highest BCUT2D eigenvalue weighted by atomic mass is 32.1. The second-order valence-corrected chi connectivity index (χ2v) is 14.0. The summed E-state index contributed by atoms with van der Waals surface area (Å²) in [5.74, 6) is 6.17. The van der Waals surface area contributed by atoms with Gasteiger partial charge in [0.05, 0.1) is 47.6 Å². The molecule has 210 valence electrons. The van der Waals surface area contributed by atoms with Crippen molar-refractivity contribution in [3.8, 4) is 17.7 Å². The van der Waals surface area contributed by atoms with E-state index in [0.717, 1.165) is 17.9 Å². The van der Waals surface area contributed by atoms with Gasteiger partial charge in [0.25, 0.3) is 5.88 Å². The van der Waals surface area contributed by atoms with Crippen molar-refractivity contribution in [3.05, 3.63) is 34.8 Å². The lowest BCUT2D eigenvalue weighted by atomic mass is 10.0. The molecule has 0 spiro atoms. The zero-order valence-electron chi connectivity index (χ0n) is 22.0. The van der Waals surface area contributed by atoms with Gasteiger partial charge in [-0.3, -0.25) is 0 Å². The Hall–Kier alpha value is -2.87. The minimum atomic E-state index is -4.42. The second kappa shape index (κ2) is 11.7. The fraction of sp³-hybridized carbons (Fsp3) is 0.462. The number of benzene rings is 1. The molecule has 3 aromatic rings. The molecule has 0 radical (unpaired) electrons. The number of piperidine rings is 1. The summed E-state index contributed by atoms with van der Waals surface area (Å²) in [6, 6.07) is 4.67. The topological polar surface area (TPSA) is 79.4 Å². The summed E-state index contributed by atoms with van der Waals surface area (Å²) in [5.41, 5.74) is 1.03. The van der Waals surface area contributed by atoms with Gasteiger partial charge in [-0.05, 0) is 43.8 Å². The maximum atomic E-state index is 14.7. The monoisotopic (exact) mass is 583 g/mol. The molecular weight excluding hydrogens is 553 g/mol. The first-order valence-electron chi connectivity index (χ1n) is 12.3. The molecule has 0 bridgehead atoms. The standard InChI is InChI=1S/C26H30F4N5O2PS/c1-35-12-10-19(18(27)15-35)33-20-8-5-7-16-17(13-26(28,29)30)21(39-23(16)20)9-6-11-31-24-25(37-2)34-22(14-32-24)38(3,4)36/h5,7-8,14,18-19,33H,10-13,15H2,1-4H3,(H,31,32)/t18-,19+/m0/s1. The molecule has 1 aromatic carbocycles. The highest BCUT2D eigenvalue weighted by Gasteiger charge is 2.32. The van der Waals surface area contributed by atoms with Crippen LogP contribution in [0.2, 0.25) is 0 Å². The summed E-state index contributed by atoms with van der Waals surface area (Å²) < 4.78 is 73.4. The first-order chi connectivity index (χ1) is 18.4. The quantitative estimate of drug-likeness (QED) is 0.231. The maximum Gasteiger partial charge on any atom is 0.393 e. The van der Waals surface area contributed by atoms with Crippen LogP contribution in [0.1, 0.15) is 16.9 Å². The van der Waals surface area contributed by atoms with Crippen molar-refractivity contribution in [2.75, 3.05) is 57.8 Å². The number of fused-ring (bicyclic) bond motifs is 1. The van der Waals surface area contributed by atoms with Crippen LogP contribution in [0, 0.1) is 11.8 Å². The van der Waals surface area contributed by atoms with E-state index in [2.05, 4.69) is 32.4 Å². The number of hydrogen-bond acceptors (Lipinski definition) is 8. The Labute approximate surface area is 228 Å². The highest BCUT2D eigenvalue weighted by molar-refractivity contribution is 7.69. The second-order valence-electron chi connectivity index (χ2n) is 9.79. The SMILES string of the molecule is COc1nc(P(C)(C)=O)cnc1NCC#Cc1sc2c(N[C@@H]3CCN(C)C[C@@H]3F)cccc2c1CC(F)(F)F. The van der Waals surface area contributed by atoms with Crippen LogP contribution < -0.4 is 20.8 Å². The summed E-state index contributed by atoms with van der Waals surface area (Å²) in [6.07, 6.45) is -4.65. The van der Waals surface area contributed by atoms with Crippen molar-refractivity contribution in [3.63, 3.8) is 0 Å². The van der Waals surface area contributed by atoms with E-state index in [9.17, 15) is 22.1 Å². The number of methoxy groups -OCH3 is 1. The number of aromatic nitrogens is 2. The van der Waals surface area contributed by atoms with Gasteiger partial charge in [0.1, 0.15) is 18.7 Å². The van der Waals surface area contributed by atoms with Crippen LogP contribution in [0.25, 0.3) is 10.1 Å². The molecule has 1 aliphatic rings. The number of thiophene rings is 1. The van der Waals surface area contributed by atoms with E-state index < -0.39 is 32.0 Å². The van der Waals surface area contributed by atoms with Crippen molar-refractivity contribution >= 4 is 45.5 Å². The van der Waals surface area contributed by atoms with Crippen molar-refractivity contribution < 1.29 is 26.9 Å². The lowest BCUT2D eigenvalue weighted by Crippen LogP contribution is -2.46. The molecule has 1 fully saturated rings. The van der Waals surface area contributed by atoms with Crippen LogP contribution >= 0.6 is 18.5 Å². The number of anilines is 2. The fourth-order valence-corrected chi connectivity index (χ4v) is 6.16. The van der Waals surface area contributed by atoms with Gasteiger partial charge < -0.3 is 24.8 Å². The smallest absolute Gasteiger partial charge is 0.393 e. The molecule has 2 aromatic heterocycles. The van der Waals surface area contributed by atoms with Crippen LogP contribution in [0.5, 0.6) is 5.88 Å². The van der Waals surface area contributed by atoms with E-state index in [-0.39, 0.29) is 23.8 Å². The summed E-state index contributed by atoms with van der Waals surface area (Å²) in [5, 5.41) is 6.64. The molecule has 0 saturated carbocycles. The van der Waals surface area contributed by atoms with Crippen LogP contribution in [-0.2, 0) is 11.0 Å². The zero-order chi connectivity index (χ0) is 28.4. The number of hydrogen-bond donors (Lipinski definition) is 2. The van der Waals surface area contributed by atoms with Crippen LogP contribution in [0.4, 0.5) is 29.1 Å². The molecule has 0 amide bonds. The first-order valence-corrected chi connectivity index (χ1v) is 15.7. The van der Waals surface area contributed by atoms with Crippen LogP contribution in [0.15, 0.2) is 24.4 Å². The number of likely N-dealkylation sites (tertiary alicyclic amines) is 1. The predicted molar refractivity (Wildman–Crippen MR) is 149 cm³/mol. The van der Waals surface area contributed by atoms with E-state index in [1.165, 1.54) is 13.3 Å². The van der Waals surface area contributed by atoms with Crippen molar-refractivity contribution in [1.82, 2.24) is 14.9 Å². The molecule has 7 nitrogen and oxygen atoms in total. The fourth-order valence-electron chi connectivity index (χ4n) is 4.32. The summed E-state index contributed by atoms with van der Waals surface area (Å²) >= 11 is 1.16. The largest absolute Gasteiger partial charge is 0.478 e. The van der Waals surface area contributed by atoms with E-state index in [0.29, 0.717) is 39.1 Å². The van der Waals surface area contributed by atoms with Gasteiger partial charge >= 0.3 is 6.18 Å². The Kier molecular flexibility index (Phi) is 8.74. The average molecular weight is 584 g/mol. The lowest BCUT2D eigenvalue weighted by molar-refractivity contribution is -0.126. The van der Waals surface area contributed by atoms with E-state index in [4.69, 9.17) is 4.74 Å². The molecule has 13 heteroatoms. The zero-order valence-corrected chi connectivity index (χ0v) is 23.7. The molecule has 3 heterocycles. The van der Waals surface area contributed by atoms with Crippen LogP contribution in [-0.4, -0.2) is 80.4 Å². The van der Waals surface area contributed by atoms with Gasteiger partial charge in [-0.25, -0.2) is 14.4 Å². The molecule has 0 unspecified atom stereocenters. The molecule has 2 N–H and O–H groups in total. The normalized spacial score (nSPS) is 18.5. The number of alkyl halides is 4. The minimum absolute atomic E-state index is 0.0598. The van der Waals surface area contributed by atoms with Gasteiger partial charge in [0, 0.05) is 13.1 Å². The Morgan fingerprint density at radius 3 is 2.74 bits per heavy atom. The summed E-state index contributed by atoms with van der Waals surface area (Å²) in [7, 11) is 0.628. The van der Waals surface area contributed by atoms with E-state index >= 15 is 0 Å². The molecule has 39 heavy (non-hydrogen) atoms. The van der Waals surface area contributed by atoms with Gasteiger partial charge in [-0.2, -0.15) is 13.2 Å². The molecule has 4 rings (SSSR count). The maximum absolute atomic E-state index is 14.7. The third-order valence-electron chi connectivity index (χ3n) is 6.30. The summed E-state index contributed by atoms with van der Waals surface area (Å²) in [4.78, 5) is 10.7. The molecule has 1 aliphatic heterocycles. The van der Waals surface area contributed by atoms with Gasteiger partial charge in [0.15, 0.2) is 5.82 Å². The molecule has 1 saturated heterocycles. The van der Waals surface area contributed by atoms with Crippen molar-refractivity contribution in [1.29, 1.82) is 0 Å². The van der Waals surface area contributed by atoms with Crippen molar-refractivity contribution in [2.24, 2.45) is 0 Å². The third-order valence-corrected chi connectivity index (χ3v) is 8.82. The Morgan fingerprint density at radius 2 is 2.08 bits per heavy atom. The van der Waals surface area contributed by atoms with Crippen LogP contribution in [0.3, 0.4) is 0 Å². The van der Waals surface area contributed by atoms with Gasteiger partial charge in [-0.15, -0.1) is 11.3 Å². The Balaban J connectivity index is 1.60. The Morgan fingerprint density at radius 1 is 1.31 bits per heavy atom. The molecule has 0 aliphatic carbocycles. The number of halogens is 4. The lowest BCUT2D eigenvalue weighted by Gasteiger charge is -2.33. The highest BCUT2D eigenvalue weighted by Crippen LogP contribution is 2.39. The average Bonchev–Trinajstić information content (AvgIpc) is 3.19. The van der Waals surface area contributed by atoms with Gasteiger partial charge in [-0.1, -0.05) is 24.0 Å². The van der Waals surface area contributed by atoms with Gasteiger partial charge in [0.2, 0.25) is 0 Å². The number of ether oxygens (including phenoxy) is 1. The van der Waals surface area contributed by atoms with E-state index in [1.54, 1.807) is 31.5 Å². The molecule has 2 atom stereocenters. The Bertz CT molecular complexity index is 1450. The number of nitrogens with zero attached hydrogens (tertiary/aromatic N) is 3. The molecular formula is C26H30F4N5O2PS. The first kappa shape index (κ1) is 29.1. The number of nitrogens with one attached hydrogen (secondary N) is 2. The number of rotatable bonds is 7. The minimum Gasteiger partial charge on any atom is -0.478 e. The third kappa shape index (κ3) is 7.21. The predicted octanol–water partition coefficient (Wildman–Crippen LogP) is 4.97. The van der Waals surface area contributed by atoms with Crippen molar-refractivity contribution in [2.45, 2.75) is 31.2 Å². The van der Waals surface area contributed by atoms with E-state index in [1.807, 2.05) is 11.9 Å².